The monoisotopic (exact) mass is 283 g/mol. The van der Waals surface area contributed by atoms with Gasteiger partial charge in [0.15, 0.2) is 0 Å². The molecular formula is C16H17N3O2. The Morgan fingerprint density at radius 1 is 1.05 bits per heavy atom. The molecule has 0 aliphatic carbocycles. The van der Waals surface area contributed by atoms with Gasteiger partial charge in [0.2, 0.25) is 0 Å². The van der Waals surface area contributed by atoms with E-state index in [2.05, 4.69) is 15.6 Å². The molecule has 0 fully saturated rings. The number of carbonyl (C=O) groups excluding carboxylic acids is 2. The van der Waals surface area contributed by atoms with Crippen LogP contribution in [0.25, 0.3) is 0 Å². The molecule has 2 N–H and O–H groups in total. The number of nitrogens with one attached hydrogen (secondary N) is 2. The fourth-order valence-electron chi connectivity index (χ4n) is 1.79. The molecule has 108 valence electrons. The highest BCUT2D eigenvalue weighted by atomic mass is 16.2. The van der Waals surface area contributed by atoms with Crippen LogP contribution in [0.4, 0.5) is 5.69 Å². The molecule has 0 unspecified atom stereocenters. The minimum atomic E-state index is -0.276. The summed E-state index contributed by atoms with van der Waals surface area (Å²) < 4.78 is 0. The SMILES string of the molecule is CC(C)NC(=O)c1cccc(C(=O)Nc2cccnc2)c1. The van der Waals surface area contributed by atoms with Crippen LogP contribution in [-0.2, 0) is 0 Å². The number of amides is 2. The molecule has 1 heterocycles. The average molecular weight is 283 g/mol. The van der Waals surface area contributed by atoms with Crippen molar-refractivity contribution in [3.8, 4) is 0 Å². The quantitative estimate of drug-likeness (QED) is 0.905. The van der Waals surface area contributed by atoms with E-state index in [1.165, 1.54) is 0 Å². The Hall–Kier alpha value is -2.69. The van der Waals surface area contributed by atoms with Gasteiger partial charge in [0, 0.05) is 23.4 Å². The standard InChI is InChI=1S/C16H17N3O2/c1-11(2)18-15(20)12-5-3-6-13(9-12)16(21)19-14-7-4-8-17-10-14/h3-11H,1-2H3,(H,18,20)(H,19,21). The maximum absolute atomic E-state index is 12.1. The van der Waals surface area contributed by atoms with Crippen molar-refractivity contribution in [2.75, 3.05) is 5.32 Å². The fraction of sp³-hybridized carbons (Fsp3) is 0.188. The Balaban J connectivity index is 2.13. The molecule has 2 aromatic rings. The Bertz CT molecular complexity index is 639. The van der Waals surface area contributed by atoms with Gasteiger partial charge in [-0.15, -0.1) is 0 Å². The first kappa shape index (κ1) is 14.7. The van der Waals surface area contributed by atoms with E-state index < -0.39 is 0 Å². The third-order valence-corrected chi connectivity index (χ3v) is 2.73. The van der Waals surface area contributed by atoms with Crippen LogP contribution in [0.5, 0.6) is 0 Å². The molecule has 5 nitrogen and oxygen atoms in total. The van der Waals surface area contributed by atoms with Crippen LogP contribution in [0.2, 0.25) is 0 Å². The van der Waals surface area contributed by atoms with Crippen LogP contribution in [0.15, 0.2) is 48.8 Å². The van der Waals surface area contributed by atoms with E-state index in [1.54, 1.807) is 48.8 Å². The summed E-state index contributed by atoms with van der Waals surface area (Å²) in [7, 11) is 0. The Labute approximate surface area is 123 Å². The topological polar surface area (TPSA) is 71.1 Å². The second-order valence-corrected chi connectivity index (χ2v) is 4.90. The summed E-state index contributed by atoms with van der Waals surface area (Å²) in [5, 5.41) is 5.53. The number of hydrogen-bond acceptors (Lipinski definition) is 3. The predicted molar refractivity (Wildman–Crippen MR) is 81.2 cm³/mol. The highest BCUT2D eigenvalue weighted by molar-refractivity contribution is 6.06. The van der Waals surface area contributed by atoms with Gasteiger partial charge in [-0.25, -0.2) is 0 Å². The van der Waals surface area contributed by atoms with Gasteiger partial charge in [0.1, 0.15) is 0 Å². The van der Waals surface area contributed by atoms with Gasteiger partial charge in [-0.2, -0.15) is 0 Å². The molecule has 0 radical (unpaired) electrons. The summed E-state index contributed by atoms with van der Waals surface area (Å²) in [6.07, 6.45) is 3.19. The van der Waals surface area contributed by atoms with Crippen molar-refractivity contribution < 1.29 is 9.59 Å². The minimum absolute atomic E-state index is 0.0466. The van der Waals surface area contributed by atoms with Gasteiger partial charge >= 0.3 is 0 Å². The van der Waals surface area contributed by atoms with E-state index in [0.29, 0.717) is 16.8 Å². The largest absolute Gasteiger partial charge is 0.350 e. The normalized spacial score (nSPS) is 10.2. The maximum Gasteiger partial charge on any atom is 0.255 e. The summed E-state index contributed by atoms with van der Waals surface area (Å²) in [5.41, 5.74) is 1.50. The number of aromatic nitrogens is 1. The molecule has 0 bridgehead atoms. The molecule has 0 spiro atoms. The van der Waals surface area contributed by atoms with Crippen molar-refractivity contribution in [2.45, 2.75) is 19.9 Å². The van der Waals surface area contributed by atoms with Gasteiger partial charge < -0.3 is 10.6 Å². The molecule has 21 heavy (non-hydrogen) atoms. The number of pyridine rings is 1. The summed E-state index contributed by atoms with van der Waals surface area (Å²) in [6.45, 7) is 3.77. The predicted octanol–water partition coefficient (Wildman–Crippen LogP) is 2.47. The lowest BCUT2D eigenvalue weighted by Crippen LogP contribution is -2.30. The average Bonchev–Trinajstić information content (AvgIpc) is 2.47. The van der Waals surface area contributed by atoms with Gasteiger partial charge in [-0.3, -0.25) is 14.6 Å². The zero-order valence-corrected chi connectivity index (χ0v) is 12.0. The van der Waals surface area contributed by atoms with E-state index in [-0.39, 0.29) is 17.9 Å². The van der Waals surface area contributed by atoms with Crippen LogP contribution >= 0.6 is 0 Å². The fourth-order valence-corrected chi connectivity index (χ4v) is 1.79. The third kappa shape index (κ3) is 4.14. The molecule has 2 amide bonds. The summed E-state index contributed by atoms with van der Waals surface area (Å²) in [4.78, 5) is 28.0. The van der Waals surface area contributed by atoms with E-state index >= 15 is 0 Å². The van der Waals surface area contributed by atoms with Gasteiger partial charge in [0.25, 0.3) is 11.8 Å². The summed E-state index contributed by atoms with van der Waals surface area (Å²) >= 11 is 0. The number of carbonyl (C=O) groups is 2. The zero-order valence-electron chi connectivity index (χ0n) is 12.0. The first-order valence-corrected chi connectivity index (χ1v) is 6.68. The lowest BCUT2D eigenvalue weighted by atomic mass is 10.1. The molecular weight excluding hydrogens is 266 g/mol. The van der Waals surface area contributed by atoms with E-state index in [0.717, 1.165) is 0 Å². The molecule has 0 saturated heterocycles. The van der Waals surface area contributed by atoms with Gasteiger partial charge in [-0.1, -0.05) is 6.07 Å². The minimum Gasteiger partial charge on any atom is -0.350 e. The van der Waals surface area contributed by atoms with Crippen molar-refractivity contribution >= 4 is 17.5 Å². The van der Waals surface area contributed by atoms with Gasteiger partial charge in [-0.05, 0) is 44.2 Å². The Kier molecular flexibility index (Phi) is 4.66. The van der Waals surface area contributed by atoms with Gasteiger partial charge in [0.05, 0.1) is 11.9 Å². The van der Waals surface area contributed by atoms with Crippen LogP contribution in [0.3, 0.4) is 0 Å². The molecule has 0 atom stereocenters. The van der Waals surface area contributed by atoms with E-state index in [9.17, 15) is 9.59 Å². The Morgan fingerprint density at radius 3 is 2.38 bits per heavy atom. The summed E-state index contributed by atoms with van der Waals surface area (Å²) in [6, 6.07) is 10.1. The highest BCUT2D eigenvalue weighted by Gasteiger charge is 2.11. The maximum atomic E-state index is 12.1. The lowest BCUT2D eigenvalue weighted by Gasteiger charge is -2.09. The van der Waals surface area contributed by atoms with E-state index in [4.69, 9.17) is 0 Å². The molecule has 1 aromatic heterocycles. The first-order valence-electron chi connectivity index (χ1n) is 6.68. The molecule has 5 heteroatoms. The van der Waals surface area contributed by atoms with Crippen molar-refractivity contribution in [2.24, 2.45) is 0 Å². The van der Waals surface area contributed by atoms with Crippen LogP contribution in [0.1, 0.15) is 34.6 Å². The number of benzene rings is 1. The lowest BCUT2D eigenvalue weighted by molar-refractivity contribution is 0.0943. The number of nitrogens with zero attached hydrogens (tertiary/aromatic N) is 1. The first-order chi connectivity index (χ1) is 10.1. The van der Waals surface area contributed by atoms with Crippen LogP contribution in [-0.4, -0.2) is 22.8 Å². The smallest absolute Gasteiger partial charge is 0.255 e. The number of rotatable bonds is 4. The number of hydrogen-bond donors (Lipinski definition) is 2. The zero-order chi connectivity index (χ0) is 15.2. The second-order valence-electron chi connectivity index (χ2n) is 4.90. The van der Waals surface area contributed by atoms with Crippen molar-refractivity contribution in [3.63, 3.8) is 0 Å². The number of anilines is 1. The molecule has 1 aromatic carbocycles. The molecule has 0 saturated carbocycles. The third-order valence-electron chi connectivity index (χ3n) is 2.73. The summed E-state index contributed by atoms with van der Waals surface area (Å²) in [5.74, 6) is -0.469. The molecule has 2 rings (SSSR count). The Morgan fingerprint density at radius 2 is 1.76 bits per heavy atom. The second kappa shape index (κ2) is 6.65. The van der Waals surface area contributed by atoms with E-state index in [1.807, 2.05) is 13.8 Å². The van der Waals surface area contributed by atoms with Crippen molar-refractivity contribution in [1.29, 1.82) is 0 Å². The van der Waals surface area contributed by atoms with Crippen LogP contribution < -0.4 is 10.6 Å². The molecule has 0 aliphatic heterocycles. The molecule has 0 aliphatic rings. The highest BCUT2D eigenvalue weighted by Crippen LogP contribution is 2.10. The van der Waals surface area contributed by atoms with Crippen molar-refractivity contribution in [3.05, 3.63) is 59.9 Å². The van der Waals surface area contributed by atoms with Crippen LogP contribution in [0, 0.1) is 0 Å². The van der Waals surface area contributed by atoms with Crippen molar-refractivity contribution in [1.82, 2.24) is 10.3 Å².